The van der Waals surface area contributed by atoms with E-state index < -0.39 is 10.1 Å². The quantitative estimate of drug-likeness (QED) is 0.621. The second-order valence-corrected chi connectivity index (χ2v) is 6.80. The Bertz CT molecular complexity index is 531. The first-order chi connectivity index (χ1) is 8.16. The number of benzene rings is 1. The fraction of sp³-hybridized carbons (Fsp3) is 0.429. The van der Waals surface area contributed by atoms with Gasteiger partial charge in [-0.15, -0.1) is 0 Å². The number of rotatable bonds is 3. The maximum absolute atomic E-state index is 12.1. The summed E-state index contributed by atoms with van der Waals surface area (Å²) in [4.78, 5) is 0.178. The summed E-state index contributed by atoms with van der Waals surface area (Å²) < 4.78 is 29.4. The van der Waals surface area contributed by atoms with Crippen LogP contribution in [0.4, 0.5) is 0 Å². The van der Waals surface area contributed by atoms with Crippen LogP contribution < -0.4 is 0 Å². The van der Waals surface area contributed by atoms with Gasteiger partial charge in [0.1, 0.15) is 10.7 Å². The van der Waals surface area contributed by atoms with Crippen LogP contribution in [-0.4, -0.2) is 8.42 Å². The lowest BCUT2D eigenvalue weighted by molar-refractivity contribution is 0.294. The Morgan fingerprint density at radius 3 is 2.06 bits per heavy atom. The van der Waals surface area contributed by atoms with Crippen LogP contribution in [0, 0.1) is 12.3 Å². The topological polar surface area (TPSA) is 43.4 Å². The standard InChI is InChI=1S/C14H20O3S/c1-6-13(14(3,4)5)17-18(15,16)12-9-7-11(2)8-10-12/h6-10H,1-5H3/b13-6-. The Balaban J connectivity index is 3.06. The van der Waals surface area contributed by atoms with Gasteiger partial charge >= 0.3 is 10.1 Å². The first-order valence-electron chi connectivity index (χ1n) is 5.85. The minimum atomic E-state index is -3.74. The smallest absolute Gasteiger partial charge is 0.338 e. The summed E-state index contributed by atoms with van der Waals surface area (Å²) in [5.41, 5.74) is 0.669. The molecule has 1 aromatic rings. The molecular formula is C14H20O3S. The number of allylic oxidation sites excluding steroid dienone is 2. The highest BCUT2D eigenvalue weighted by Crippen LogP contribution is 2.29. The van der Waals surface area contributed by atoms with E-state index in [2.05, 4.69) is 0 Å². The van der Waals surface area contributed by atoms with Gasteiger partial charge in [-0.3, -0.25) is 0 Å². The van der Waals surface area contributed by atoms with E-state index in [1.54, 1.807) is 37.3 Å². The van der Waals surface area contributed by atoms with Gasteiger partial charge in [-0.25, -0.2) is 0 Å². The van der Waals surface area contributed by atoms with Gasteiger partial charge in [0.15, 0.2) is 0 Å². The van der Waals surface area contributed by atoms with Gasteiger partial charge in [-0.1, -0.05) is 38.5 Å². The van der Waals surface area contributed by atoms with Crippen molar-refractivity contribution < 1.29 is 12.6 Å². The monoisotopic (exact) mass is 268 g/mol. The molecule has 1 rings (SSSR count). The zero-order valence-electron chi connectivity index (χ0n) is 11.5. The molecule has 0 saturated heterocycles. The van der Waals surface area contributed by atoms with Gasteiger partial charge < -0.3 is 4.18 Å². The summed E-state index contributed by atoms with van der Waals surface area (Å²) in [5, 5.41) is 0. The number of aryl methyl sites for hydroxylation is 1. The van der Waals surface area contributed by atoms with Crippen molar-refractivity contribution in [2.45, 2.75) is 39.5 Å². The molecule has 0 radical (unpaired) electrons. The highest BCUT2D eigenvalue weighted by Gasteiger charge is 2.25. The van der Waals surface area contributed by atoms with Gasteiger partial charge in [0, 0.05) is 5.41 Å². The lowest BCUT2D eigenvalue weighted by atomic mass is 9.94. The van der Waals surface area contributed by atoms with Crippen molar-refractivity contribution in [1.29, 1.82) is 0 Å². The second-order valence-electron chi connectivity index (χ2n) is 5.25. The number of hydrogen-bond acceptors (Lipinski definition) is 3. The predicted octanol–water partition coefficient (Wildman–Crippen LogP) is 3.65. The lowest BCUT2D eigenvalue weighted by Gasteiger charge is -2.22. The Labute approximate surface area is 110 Å². The van der Waals surface area contributed by atoms with E-state index in [9.17, 15) is 8.42 Å². The Morgan fingerprint density at radius 2 is 1.67 bits per heavy atom. The molecule has 0 aliphatic carbocycles. The molecular weight excluding hydrogens is 248 g/mol. The van der Waals surface area contributed by atoms with E-state index in [4.69, 9.17) is 4.18 Å². The average Bonchev–Trinajstić information content (AvgIpc) is 2.25. The molecule has 0 spiro atoms. The summed E-state index contributed by atoms with van der Waals surface area (Å²) in [6, 6.07) is 6.62. The highest BCUT2D eigenvalue weighted by molar-refractivity contribution is 7.86. The Morgan fingerprint density at radius 1 is 1.17 bits per heavy atom. The number of hydrogen-bond donors (Lipinski definition) is 0. The lowest BCUT2D eigenvalue weighted by Crippen LogP contribution is -2.16. The zero-order valence-corrected chi connectivity index (χ0v) is 12.3. The van der Waals surface area contributed by atoms with E-state index in [0.29, 0.717) is 5.76 Å². The fourth-order valence-electron chi connectivity index (χ4n) is 1.48. The Kier molecular flexibility index (Phi) is 4.22. The van der Waals surface area contributed by atoms with E-state index in [1.165, 1.54) is 0 Å². The molecule has 0 amide bonds. The van der Waals surface area contributed by atoms with Gasteiger partial charge in [0.25, 0.3) is 0 Å². The Hall–Kier alpha value is -1.29. The van der Waals surface area contributed by atoms with Crippen molar-refractivity contribution in [3.63, 3.8) is 0 Å². The summed E-state index contributed by atoms with van der Waals surface area (Å²) in [6.45, 7) is 9.40. The second kappa shape index (κ2) is 5.14. The molecule has 0 aliphatic heterocycles. The largest absolute Gasteiger partial charge is 0.383 e. The molecule has 0 atom stereocenters. The van der Waals surface area contributed by atoms with Crippen molar-refractivity contribution >= 4 is 10.1 Å². The van der Waals surface area contributed by atoms with Crippen molar-refractivity contribution in [3.8, 4) is 0 Å². The third-order valence-corrected chi connectivity index (χ3v) is 3.76. The first-order valence-corrected chi connectivity index (χ1v) is 7.25. The molecule has 0 unspecified atom stereocenters. The summed E-state index contributed by atoms with van der Waals surface area (Å²) in [5.74, 6) is 0.447. The first kappa shape index (κ1) is 14.8. The molecule has 0 aliphatic rings. The van der Waals surface area contributed by atoms with E-state index in [-0.39, 0.29) is 10.3 Å². The predicted molar refractivity (Wildman–Crippen MR) is 72.7 cm³/mol. The molecule has 0 aromatic heterocycles. The average molecular weight is 268 g/mol. The van der Waals surface area contributed by atoms with Crippen molar-refractivity contribution in [3.05, 3.63) is 41.7 Å². The van der Waals surface area contributed by atoms with Gasteiger partial charge in [-0.05, 0) is 32.1 Å². The van der Waals surface area contributed by atoms with Gasteiger partial charge in [-0.2, -0.15) is 8.42 Å². The summed E-state index contributed by atoms with van der Waals surface area (Å²) >= 11 is 0. The molecule has 3 nitrogen and oxygen atoms in total. The van der Waals surface area contributed by atoms with Crippen molar-refractivity contribution in [2.75, 3.05) is 0 Å². The molecule has 18 heavy (non-hydrogen) atoms. The van der Waals surface area contributed by atoms with Crippen LogP contribution in [0.15, 0.2) is 41.0 Å². The maximum atomic E-state index is 12.1. The third kappa shape index (κ3) is 3.60. The van der Waals surface area contributed by atoms with Gasteiger partial charge in [0.2, 0.25) is 0 Å². The zero-order chi connectivity index (χ0) is 14.0. The van der Waals surface area contributed by atoms with Gasteiger partial charge in [0.05, 0.1) is 0 Å². The normalized spacial score (nSPS) is 13.5. The van der Waals surface area contributed by atoms with Crippen molar-refractivity contribution in [2.24, 2.45) is 5.41 Å². The van der Waals surface area contributed by atoms with E-state index in [1.807, 2.05) is 27.7 Å². The van der Waals surface area contributed by atoms with Crippen LogP contribution in [0.2, 0.25) is 0 Å². The van der Waals surface area contributed by atoms with Crippen LogP contribution in [-0.2, 0) is 14.3 Å². The summed E-state index contributed by atoms with van der Waals surface area (Å²) in [6.07, 6.45) is 1.69. The fourth-order valence-corrected chi connectivity index (χ4v) is 2.63. The van der Waals surface area contributed by atoms with Crippen molar-refractivity contribution in [1.82, 2.24) is 0 Å². The molecule has 0 N–H and O–H groups in total. The molecule has 100 valence electrons. The summed E-state index contributed by atoms with van der Waals surface area (Å²) in [7, 11) is -3.74. The van der Waals surface area contributed by atoms with E-state index >= 15 is 0 Å². The molecule has 4 heteroatoms. The maximum Gasteiger partial charge on any atom is 0.338 e. The van der Waals surface area contributed by atoms with Crippen LogP contribution in [0.25, 0.3) is 0 Å². The molecule has 0 heterocycles. The SMILES string of the molecule is C/C=C(\OS(=O)(=O)c1ccc(C)cc1)C(C)(C)C. The van der Waals surface area contributed by atoms with Crippen LogP contribution in [0.3, 0.4) is 0 Å². The molecule has 0 bridgehead atoms. The third-order valence-electron chi connectivity index (χ3n) is 2.51. The van der Waals surface area contributed by atoms with Crippen LogP contribution >= 0.6 is 0 Å². The molecule has 1 aromatic carbocycles. The minimum Gasteiger partial charge on any atom is -0.383 e. The highest BCUT2D eigenvalue weighted by atomic mass is 32.2. The van der Waals surface area contributed by atoms with Crippen LogP contribution in [0.1, 0.15) is 33.3 Å². The molecule has 0 fully saturated rings. The van der Waals surface area contributed by atoms with E-state index in [0.717, 1.165) is 5.56 Å². The minimum absolute atomic E-state index is 0.178. The molecule has 0 saturated carbocycles. The van der Waals surface area contributed by atoms with Crippen LogP contribution in [0.5, 0.6) is 0 Å².